The van der Waals surface area contributed by atoms with E-state index in [4.69, 9.17) is 0 Å². The van der Waals surface area contributed by atoms with Gasteiger partial charge in [-0.05, 0) is 80.7 Å². The Morgan fingerprint density at radius 3 is 2.63 bits per heavy atom. The van der Waals surface area contributed by atoms with Crippen LogP contribution in [0.25, 0.3) is 22.0 Å². The standard InChI is InChI=1S/C33H40N6O2/c1-24-7-5-4-6-15-39(16-13-25(2)36-24)33(41)28-8-10-29(26-9-11-30-27(21-26)12-14-34-30)31(22-28)35-23-32(40)38-19-17-37(3)18-20-38/h4-12,14-15,21-22,25,34-36H,13,16-20,23H2,1-3H3/b5-4-,15-6+,24-7+. The van der Waals surface area contributed by atoms with Gasteiger partial charge in [0.15, 0.2) is 0 Å². The van der Waals surface area contributed by atoms with Gasteiger partial charge in [-0.2, -0.15) is 0 Å². The molecule has 3 heterocycles. The van der Waals surface area contributed by atoms with E-state index in [0.717, 1.165) is 66.0 Å². The number of likely N-dealkylation sites (N-methyl/N-ethyl adjacent to an activating group) is 1. The van der Waals surface area contributed by atoms with Crippen molar-refractivity contribution < 1.29 is 9.59 Å². The summed E-state index contributed by atoms with van der Waals surface area (Å²) >= 11 is 0. The van der Waals surface area contributed by atoms with Crippen molar-refractivity contribution in [1.29, 1.82) is 0 Å². The van der Waals surface area contributed by atoms with Crippen molar-refractivity contribution >= 4 is 28.4 Å². The van der Waals surface area contributed by atoms with Gasteiger partial charge in [0.1, 0.15) is 0 Å². The first kappa shape index (κ1) is 28.2. The molecule has 2 aliphatic heterocycles. The lowest BCUT2D eigenvalue weighted by Crippen LogP contribution is -2.48. The molecule has 2 amide bonds. The summed E-state index contributed by atoms with van der Waals surface area (Å²) in [6, 6.07) is 14.3. The lowest BCUT2D eigenvalue weighted by molar-refractivity contribution is -0.130. The lowest BCUT2D eigenvalue weighted by atomic mass is 9.99. The minimum absolute atomic E-state index is 0.0640. The number of piperazine rings is 1. The van der Waals surface area contributed by atoms with Crippen molar-refractivity contribution in [2.24, 2.45) is 0 Å². The highest BCUT2D eigenvalue weighted by Crippen LogP contribution is 2.32. The van der Waals surface area contributed by atoms with Crippen LogP contribution in [0.1, 0.15) is 30.6 Å². The summed E-state index contributed by atoms with van der Waals surface area (Å²) in [5, 5.41) is 7.97. The topological polar surface area (TPSA) is 83.7 Å². The zero-order valence-corrected chi connectivity index (χ0v) is 24.2. The average molecular weight is 553 g/mol. The third kappa shape index (κ3) is 7.08. The van der Waals surface area contributed by atoms with Crippen molar-refractivity contribution in [2.45, 2.75) is 26.3 Å². The maximum absolute atomic E-state index is 13.8. The fourth-order valence-electron chi connectivity index (χ4n) is 5.30. The molecule has 0 radical (unpaired) electrons. The quantitative estimate of drug-likeness (QED) is 0.423. The monoisotopic (exact) mass is 552 g/mol. The first-order valence-electron chi connectivity index (χ1n) is 14.4. The molecular weight excluding hydrogens is 512 g/mol. The number of anilines is 1. The SMILES string of the molecule is C\C1=C/C=C\C=C\N(C(=O)c2ccc(-c3ccc4[nH]ccc4c3)c(NCC(=O)N3CCN(C)CC3)c2)CCC(C)N1. The van der Waals surface area contributed by atoms with Crippen molar-refractivity contribution in [2.75, 3.05) is 51.6 Å². The Labute approximate surface area is 242 Å². The average Bonchev–Trinajstić information content (AvgIpc) is 3.44. The zero-order valence-electron chi connectivity index (χ0n) is 24.2. The summed E-state index contributed by atoms with van der Waals surface area (Å²) in [6.45, 7) is 8.13. The summed E-state index contributed by atoms with van der Waals surface area (Å²) < 4.78 is 0. The van der Waals surface area contributed by atoms with Crippen LogP contribution in [0, 0.1) is 0 Å². The van der Waals surface area contributed by atoms with Crippen LogP contribution in [0.4, 0.5) is 5.69 Å². The number of aromatic amines is 1. The molecule has 0 aliphatic carbocycles. The zero-order chi connectivity index (χ0) is 28.8. The van der Waals surface area contributed by atoms with Crippen LogP contribution in [0.15, 0.2) is 84.9 Å². The Hall–Kier alpha value is -4.30. The van der Waals surface area contributed by atoms with Crippen LogP contribution in [-0.2, 0) is 4.79 Å². The molecule has 1 saturated heterocycles. The Morgan fingerprint density at radius 2 is 1.80 bits per heavy atom. The van der Waals surface area contributed by atoms with E-state index in [2.05, 4.69) is 52.7 Å². The minimum Gasteiger partial charge on any atom is -0.386 e. The molecule has 41 heavy (non-hydrogen) atoms. The Balaban J connectivity index is 1.42. The molecule has 3 aromatic rings. The van der Waals surface area contributed by atoms with Gasteiger partial charge < -0.3 is 30.3 Å². The van der Waals surface area contributed by atoms with Gasteiger partial charge >= 0.3 is 0 Å². The van der Waals surface area contributed by atoms with E-state index in [1.165, 1.54) is 0 Å². The molecule has 0 saturated carbocycles. The molecule has 1 fully saturated rings. The normalized spacial score (nSPS) is 21.3. The Kier molecular flexibility index (Phi) is 8.89. The molecule has 3 N–H and O–H groups in total. The molecule has 8 nitrogen and oxygen atoms in total. The number of H-pyrrole nitrogens is 1. The molecule has 0 bridgehead atoms. The van der Waals surface area contributed by atoms with Gasteiger partial charge in [0.25, 0.3) is 5.91 Å². The van der Waals surface area contributed by atoms with Crippen molar-refractivity contribution in [3.05, 3.63) is 90.4 Å². The van der Waals surface area contributed by atoms with E-state index in [1.807, 2.05) is 72.8 Å². The van der Waals surface area contributed by atoms with Gasteiger partial charge in [0.2, 0.25) is 5.91 Å². The Bertz CT molecular complexity index is 1480. The van der Waals surface area contributed by atoms with E-state index in [-0.39, 0.29) is 24.4 Å². The number of hydrogen-bond donors (Lipinski definition) is 3. The maximum atomic E-state index is 13.8. The summed E-state index contributed by atoms with van der Waals surface area (Å²) in [5.41, 5.74) is 5.47. The molecule has 2 aromatic carbocycles. The highest BCUT2D eigenvalue weighted by Gasteiger charge is 2.21. The highest BCUT2D eigenvalue weighted by molar-refractivity contribution is 5.98. The maximum Gasteiger partial charge on any atom is 0.257 e. The molecule has 1 aromatic heterocycles. The van der Waals surface area contributed by atoms with Crippen LogP contribution in [0.2, 0.25) is 0 Å². The summed E-state index contributed by atoms with van der Waals surface area (Å²) in [7, 11) is 2.08. The number of benzene rings is 2. The van der Waals surface area contributed by atoms with Gasteiger partial charge in [-0.15, -0.1) is 0 Å². The second kappa shape index (κ2) is 12.9. The predicted molar refractivity (Wildman–Crippen MR) is 167 cm³/mol. The van der Waals surface area contributed by atoms with E-state index in [1.54, 1.807) is 4.90 Å². The predicted octanol–water partition coefficient (Wildman–Crippen LogP) is 4.82. The molecule has 1 atom stereocenters. The molecule has 8 heteroatoms. The first-order valence-corrected chi connectivity index (χ1v) is 14.4. The van der Waals surface area contributed by atoms with Crippen LogP contribution < -0.4 is 10.6 Å². The largest absolute Gasteiger partial charge is 0.386 e. The number of carbonyl (C=O) groups is 2. The molecule has 1 unspecified atom stereocenters. The van der Waals surface area contributed by atoms with Gasteiger partial charge in [0.05, 0.1) is 6.54 Å². The number of fused-ring (bicyclic) bond motifs is 1. The van der Waals surface area contributed by atoms with E-state index in [9.17, 15) is 9.59 Å². The smallest absolute Gasteiger partial charge is 0.257 e. The van der Waals surface area contributed by atoms with Gasteiger partial charge in [0, 0.05) is 79.2 Å². The van der Waals surface area contributed by atoms with Gasteiger partial charge in [-0.3, -0.25) is 9.59 Å². The number of allylic oxidation sites excluding steroid dienone is 5. The number of aromatic nitrogens is 1. The first-order chi connectivity index (χ1) is 19.9. The highest BCUT2D eigenvalue weighted by atomic mass is 16.2. The fraction of sp³-hybridized carbons (Fsp3) is 0.333. The minimum atomic E-state index is -0.0770. The van der Waals surface area contributed by atoms with Crippen LogP contribution in [-0.4, -0.2) is 83.9 Å². The fourth-order valence-corrected chi connectivity index (χ4v) is 5.30. The van der Waals surface area contributed by atoms with Crippen LogP contribution >= 0.6 is 0 Å². The molecule has 5 rings (SSSR count). The Morgan fingerprint density at radius 1 is 0.976 bits per heavy atom. The number of carbonyl (C=O) groups excluding carboxylic acids is 2. The summed E-state index contributed by atoms with van der Waals surface area (Å²) in [6.07, 6.45) is 12.4. The molecule has 2 aliphatic rings. The third-order valence-electron chi connectivity index (χ3n) is 7.79. The van der Waals surface area contributed by atoms with Crippen molar-refractivity contribution in [3.63, 3.8) is 0 Å². The number of nitrogens with one attached hydrogen (secondary N) is 3. The third-order valence-corrected chi connectivity index (χ3v) is 7.79. The van der Waals surface area contributed by atoms with Crippen molar-refractivity contribution in [1.82, 2.24) is 25.0 Å². The van der Waals surface area contributed by atoms with E-state index >= 15 is 0 Å². The number of rotatable bonds is 5. The number of hydrogen-bond acceptors (Lipinski definition) is 5. The van der Waals surface area contributed by atoms with Crippen LogP contribution in [0.5, 0.6) is 0 Å². The number of nitrogens with zero attached hydrogens (tertiary/aromatic N) is 3. The molecular formula is C33H40N6O2. The van der Waals surface area contributed by atoms with E-state index < -0.39 is 0 Å². The molecule has 214 valence electrons. The van der Waals surface area contributed by atoms with Crippen LogP contribution in [0.3, 0.4) is 0 Å². The van der Waals surface area contributed by atoms with E-state index in [0.29, 0.717) is 12.1 Å². The summed E-state index contributed by atoms with van der Waals surface area (Å²) in [4.78, 5) is 36.0. The van der Waals surface area contributed by atoms with Gasteiger partial charge in [-0.1, -0.05) is 24.3 Å². The second-order valence-corrected chi connectivity index (χ2v) is 11.0. The second-order valence-electron chi connectivity index (χ2n) is 11.0. The van der Waals surface area contributed by atoms with Crippen molar-refractivity contribution in [3.8, 4) is 11.1 Å². The lowest BCUT2D eigenvalue weighted by Gasteiger charge is -2.32. The van der Waals surface area contributed by atoms with Gasteiger partial charge in [-0.25, -0.2) is 0 Å². The summed E-state index contributed by atoms with van der Waals surface area (Å²) in [5.74, 6) is -0.0130. The molecule has 0 spiro atoms. The number of amides is 2.